The van der Waals surface area contributed by atoms with Gasteiger partial charge in [-0.3, -0.25) is 15.0 Å². The van der Waals surface area contributed by atoms with Crippen molar-refractivity contribution >= 4 is 67.0 Å². The molecule has 1 aliphatic heterocycles. The summed E-state index contributed by atoms with van der Waals surface area (Å²) in [5.74, 6) is -0.257. The van der Waals surface area contributed by atoms with Gasteiger partial charge in [-0.2, -0.15) is 0 Å². The number of nitrogens with zero attached hydrogens (tertiary/aromatic N) is 1. The fraction of sp³-hybridized carbons (Fsp3) is 0.0833. The summed E-state index contributed by atoms with van der Waals surface area (Å²) in [7, 11) is 1.50. The number of anilines is 1. The van der Waals surface area contributed by atoms with Crippen LogP contribution in [0.2, 0.25) is 5.02 Å². The molecule has 0 radical (unpaired) electrons. The Balaban J connectivity index is 1.70. The first-order valence-electron chi connectivity index (χ1n) is 9.74. The topological polar surface area (TPSA) is 67.9 Å². The van der Waals surface area contributed by atoms with Gasteiger partial charge in [-0.15, -0.1) is 0 Å². The van der Waals surface area contributed by atoms with Crippen molar-refractivity contribution in [3.05, 3.63) is 91.3 Å². The predicted molar refractivity (Wildman–Crippen MR) is 134 cm³/mol. The van der Waals surface area contributed by atoms with Crippen LogP contribution in [-0.2, 0) is 16.2 Å². The lowest BCUT2D eigenvalue weighted by molar-refractivity contribution is -0.117. The van der Waals surface area contributed by atoms with Gasteiger partial charge >= 0.3 is 0 Å². The average molecular weight is 593 g/mol. The van der Waals surface area contributed by atoms with Crippen LogP contribution in [0.3, 0.4) is 0 Å². The van der Waals surface area contributed by atoms with Crippen molar-refractivity contribution in [2.45, 2.75) is 6.61 Å². The maximum atomic E-state index is 13.0. The minimum atomic E-state index is -0.524. The normalized spacial score (nSPS) is 14.5. The summed E-state index contributed by atoms with van der Waals surface area (Å²) in [6.45, 7) is 0.221. The third kappa shape index (κ3) is 5.08. The molecule has 0 atom stereocenters. The monoisotopic (exact) mass is 590 g/mol. The molecule has 1 N–H and O–H groups in total. The molecule has 0 saturated carbocycles. The van der Waals surface area contributed by atoms with Crippen LogP contribution in [0.15, 0.2) is 75.2 Å². The molecule has 33 heavy (non-hydrogen) atoms. The number of amides is 2. The minimum Gasteiger partial charge on any atom is -0.493 e. The van der Waals surface area contributed by atoms with E-state index < -0.39 is 11.8 Å². The first-order chi connectivity index (χ1) is 15.9. The molecule has 0 spiro atoms. The van der Waals surface area contributed by atoms with Crippen molar-refractivity contribution in [3.63, 3.8) is 0 Å². The Morgan fingerprint density at radius 2 is 1.82 bits per heavy atom. The molecule has 0 bridgehead atoms. The minimum absolute atomic E-state index is 0.0437. The Labute approximate surface area is 212 Å². The Morgan fingerprint density at radius 3 is 2.52 bits per heavy atom. The zero-order valence-electron chi connectivity index (χ0n) is 17.3. The van der Waals surface area contributed by atoms with Crippen LogP contribution < -0.4 is 19.9 Å². The number of hydrogen-bond acceptors (Lipinski definition) is 4. The van der Waals surface area contributed by atoms with Crippen molar-refractivity contribution < 1.29 is 19.1 Å². The lowest BCUT2D eigenvalue weighted by Gasteiger charge is -2.15. The molecule has 0 aliphatic carbocycles. The lowest BCUT2D eigenvalue weighted by Crippen LogP contribution is -2.35. The first-order valence-corrected chi connectivity index (χ1v) is 11.7. The summed E-state index contributed by atoms with van der Waals surface area (Å²) in [6, 6.07) is 17.8. The molecular weight excluding hydrogens is 576 g/mol. The number of carbonyl (C=O) groups is 2. The summed E-state index contributed by atoms with van der Waals surface area (Å²) in [6.07, 6.45) is 1.46. The average Bonchev–Trinajstić information content (AvgIpc) is 3.08. The van der Waals surface area contributed by atoms with Crippen LogP contribution in [0.25, 0.3) is 6.08 Å². The van der Waals surface area contributed by atoms with E-state index in [2.05, 4.69) is 37.3 Å². The van der Waals surface area contributed by atoms with Crippen LogP contribution in [0.1, 0.15) is 11.1 Å². The molecule has 0 aromatic heterocycles. The van der Waals surface area contributed by atoms with Crippen molar-refractivity contribution in [3.8, 4) is 11.5 Å². The van der Waals surface area contributed by atoms with Crippen LogP contribution in [0.5, 0.6) is 11.5 Å². The van der Waals surface area contributed by atoms with E-state index in [1.807, 2.05) is 24.3 Å². The Hall–Kier alpha value is -2.81. The van der Waals surface area contributed by atoms with Crippen LogP contribution in [0.4, 0.5) is 5.69 Å². The lowest BCUT2D eigenvalue weighted by atomic mass is 10.1. The molecule has 1 fully saturated rings. The Kier molecular flexibility index (Phi) is 7.07. The second kappa shape index (κ2) is 9.99. The molecular formula is C24H17Br2ClN2O4. The molecule has 168 valence electrons. The Bertz CT molecular complexity index is 1260. The number of para-hydroxylation sites is 1. The maximum absolute atomic E-state index is 13.0. The molecule has 1 saturated heterocycles. The maximum Gasteiger partial charge on any atom is 0.282 e. The van der Waals surface area contributed by atoms with Gasteiger partial charge in [0.25, 0.3) is 11.8 Å². The first kappa shape index (κ1) is 23.4. The van der Waals surface area contributed by atoms with Gasteiger partial charge in [0.1, 0.15) is 12.2 Å². The van der Waals surface area contributed by atoms with Gasteiger partial charge < -0.3 is 9.47 Å². The molecule has 2 amide bonds. The molecule has 0 unspecified atom stereocenters. The predicted octanol–water partition coefficient (Wildman–Crippen LogP) is 5.91. The van der Waals surface area contributed by atoms with Gasteiger partial charge in [0, 0.05) is 31.2 Å². The number of nitrogens with one attached hydrogen (secondary N) is 1. The van der Waals surface area contributed by atoms with Crippen molar-refractivity contribution in [1.29, 1.82) is 0 Å². The van der Waals surface area contributed by atoms with Crippen molar-refractivity contribution in [2.75, 3.05) is 12.1 Å². The summed E-state index contributed by atoms with van der Waals surface area (Å²) in [4.78, 5) is 25.6. The fourth-order valence-electron chi connectivity index (χ4n) is 3.26. The molecule has 4 rings (SSSR count). The molecule has 1 heterocycles. The van der Waals surface area contributed by atoms with E-state index in [0.29, 0.717) is 27.8 Å². The number of carbonyl (C=O) groups excluding carboxylic acids is 2. The van der Waals surface area contributed by atoms with Gasteiger partial charge in [0.2, 0.25) is 0 Å². The number of methoxy groups -OCH3 is 1. The van der Waals surface area contributed by atoms with E-state index in [9.17, 15) is 9.59 Å². The van der Waals surface area contributed by atoms with Crippen LogP contribution in [-0.4, -0.2) is 18.9 Å². The SMILES string of the molecule is COc1cc(Cl)cc(/C=C2/C(=O)NN(c3ccccc3)C2=O)c1OCc1ccc(Br)cc1Br. The van der Waals surface area contributed by atoms with Crippen molar-refractivity contribution in [2.24, 2.45) is 0 Å². The summed E-state index contributed by atoms with van der Waals surface area (Å²) >= 11 is 13.2. The molecule has 3 aromatic rings. The number of ether oxygens (including phenoxy) is 2. The van der Waals surface area contributed by atoms with E-state index >= 15 is 0 Å². The number of hydrazine groups is 1. The third-order valence-electron chi connectivity index (χ3n) is 4.86. The number of rotatable bonds is 6. The zero-order valence-corrected chi connectivity index (χ0v) is 21.2. The largest absolute Gasteiger partial charge is 0.493 e. The molecule has 9 heteroatoms. The van der Waals surface area contributed by atoms with Gasteiger partial charge in [0.05, 0.1) is 12.8 Å². The molecule has 6 nitrogen and oxygen atoms in total. The zero-order chi connectivity index (χ0) is 23.5. The van der Waals surface area contributed by atoms with E-state index in [0.717, 1.165) is 14.5 Å². The number of hydrogen-bond donors (Lipinski definition) is 1. The number of benzene rings is 3. The quantitative estimate of drug-likeness (QED) is 0.285. The second-order valence-electron chi connectivity index (χ2n) is 7.03. The Morgan fingerprint density at radius 1 is 1.06 bits per heavy atom. The van der Waals surface area contributed by atoms with Crippen LogP contribution in [0, 0.1) is 0 Å². The summed E-state index contributed by atoms with van der Waals surface area (Å²) in [5, 5.41) is 1.58. The summed E-state index contributed by atoms with van der Waals surface area (Å²) < 4.78 is 13.3. The summed E-state index contributed by atoms with van der Waals surface area (Å²) in [5.41, 5.74) is 4.44. The third-order valence-corrected chi connectivity index (χ3v) is 6.31. The van der Waals surface area contributed by atoms with E-state index in [4.69, 9.17) is 21.1 Å². The van der Waals surface area contributed by atoms with Crippen molar-refractivity contribution in [1.82, 2.24) is 5.43 Å². The van der Waals surface area contributed by atoms with Gasteiger partial charge in [-0.05, 0) is 36.4 Å². The highest BCUT2D eigenvalue weighted by molar-refractivity contribution is 9.11. The number of halogens is 3. The highest BCUT2D eigenvalue weighted by Crippen LogP contribution is 2.38. The van der Waals surface area contributed by atoms with Gasteiger partial charge in [-0.1, -0.05) is 67.7 Å². The highest BCUT2D eigenvalue weighted by atomic mass is 79.9. The van der Waals surface area contributed by atoms with E-state index in [1.165, 1.54) is 18.2 Å². The van der Waals surface area contributed by atoms with E-state index in [1.54, 1.807) is 36.4 Å². The fourth-order valence-corrected chi connectivity index (χ4v) is 4.64. The van der Waals surface area contributed by atoms with Gasteiger partial charge in [0.15, 0.2) is 11.5 Å². The second-order valence-corrected chi connectivity index (χ2v) is 9.23. The molecule has 3 aromatic carbocycles. The van der Waals surface area contributed by atoms with E-state index in [-0.39, 0.29) is 12.2 Å². The highest BCUT2D eigenvalue weighted by Gasteiger charge is 2.34. The van der Waals surface area contributed by atoms with Gasteiger partial charge in [-0.25, -0.2) is 5.01 Å². The molecule has 1 aliphatic rings. The smallest absolute Gasteiger partial charge is 0.282 e. The standard InChI is InChI=1S/C24H17Br2ClN2O4/c1-32-21-12-17(27)9-15(22(21)33-13-14-7-8-16(25)11-20(14)26)10-19-23(30)28-29(24(19)31)18-5-3-2-4-6-18/h2-12H,13H2,1H3,(H,28,30)/b19-10-. The van der Waals surface area contributed by atoms with Crippen LogP contribution >= 0.6 is 43.5 Å².